The van der Waals surface area contributed by atoms with Gasteiger partial charge >= 0.3 is 5.97 Å². The fourth-order valence-electron chi connectivity index (χ4n) is 1.61. The monoisotopic (exact) mass is 199 g/mol. The lowest BCUT2D eigenvalue weighted by Crippen LogP contribution is -2.48. The molecule has 2 N–H and O–H groups in total. The molecule has 14 heavy (non-hydrogen) atoms. The van der Waals surface area contributed by atoms with Crippen LogP contribution in [0.1, 0.15) is 47.5 Å². The SMILES string of the molecule is CC(C)(C)OC(=O)C1(C(C)(C)N)CC1. The molecule has 1 fully saturated rings. The van der Waals surface area contributed by atoms with E-state index in [1.54, 1.807) is 0 Å². The molecule has 0 aromatic heterocycles. The van der Waals surface area contributed by atoms with E-state index in [0.29, 0.717) is 0 Å². The van der Waals surface area contributed by atoms with E-state index in [0.717, 1.165) is 12.8 Å². The van der Waals surface area contributed by atoms with Crippen LogP contribution < -0.4 is 5.73 Å². The molecule has 1 rings (SSSR count). The van der Waals surface area contributed by atoms with Crippen LogP contribution in [0.5, 0.6) is 0 Å². The van der Waals surface area contributed by atoms with E-state index in [4.69, 9.17) is 10.5 Å². The van der Waals surface area contributed by atoms with Crippen LogP contribution in [0.15, 0.2) is 0 Å². The van der Waals surface area contributed by atoms with Crippen LogP contribution in [0, 0.1) is 5.41 Å². The highest BCUT2D eigenvalue weighted by Gasteiger charge is 2.60. The van der Waals surface area contributed by atoms with Gasteiger partial charge in [0.15, 0.2) is 0 Å². The molecule has 0 aromatic rings. The van der Waals surface area contributed by atoms with Gasteiger partial charge in [-0.25, -0.2) is 0 Å². The molecule has 0 unspecified atom stereocenters. The van der Waals surface area contributed by atoms with E-state index in [1.807, 2.05) is 34.6 Å². The summed E-state index contributed by atoms with van der Waals surface area (Å²) in [5, 5.41) is 0. The number of esters is 1. The van der Waals surface area contributed by atoms with Crippen molar-refractivity contribution in [2.24, 2.45) is 11.1 Å². The van der Waals surface area contributed by atoms with Crippen LogP contribution in [-0.4, -0.2) is 17.1 Å². The van der Waals surface area contributed by atoms with E-state index in [2.05, 4.69) is 0 Å². The average Bonchev–Trinajstić information content (AvgIpc) is 2.56. The van der Waals surface area contributed by atoms with Gasteiger partial charge in [-0.05, 0) is 47.5 Å². The minimum absolute atomic E-state index is 0.141. The van der Waals surface area contributed by atoms with Gasteiger partial charge in [0.05, 0.1) is 5.41 Å². The number of rotatable bonds is 2. The number of carbonyl (C=O) groups excluding carboxylic acids is 1. The highest BCUT2D eigenvalue weighted by molar-refractivity contribution is 5.82. The first kappa shape index (κ1) is 11.5. The van der Waals surface area contributed by atoms with E-state index < -0.39 is 16.6 Å². The van der Waals surface area contributed by atoms with Crippen LogP contribution >= 0.6 is 0 Å². The topological polar surface area (TPSA) is 52.3 Å². The Morgan fingerprint density at radius 1 is 1.21 bits per heavy atom. The third kappa shape index (κ3) is 2.08. The summed E-state index contributed by atoms with van der Waals surface area (Å²) < 4.78 is 5.37. The number of nitrogens with two attached hydrogens (primary N) is 1. The zero-order chi connectivity index (χ0) is 11.2. The number of hydrogen-bond donors (Lipinski definition) is 1. The molecular formula is C11H21NO2. The Bertz CT molecular complexity index is 241. The lowest BCUT2D eigenvalue weighted by atomic mass is 9.85. The minimum Gasteiger partial charge on any atom is -0.459 e. The lowest BCUT2D eigenvalue weighted by Gasteiger charge is -2.31. The third-order valence-corrected chi connectivity index (χ3v) is 2.77. The molecule has 0 saturated heterocycles. The molecule has 1 aliphatic rings. The molecular weight excluding hydrogens is 178 g/mol. The van der Waals surface area contributed by atoms with Gasteiger partial charge in [0.1, 0.15) is 5.60 Å². The number of carbonyl (C=O) groups is 1. The summed E-state index contributed by atoms with van der Waals surface area (Å²) in [4.78, 5) is 11.9. The van der Waals surface area contributed by atoms with Crippen molar-refractivity contribution < 1.29 is 9.53 Å². The largest absolute Gasteiger partial charge is 0.459 e. The van der Waals surface area contributed by atoms with Gasteiger partial charge in [-0.15, -0.1) is 0 Å². The summed E-state index contributed by atoms with van der Waals surface area (Å²) in [6.07, 6.45) is 1.71. The van der Waals surface area contributed by atoms with Crippen molar-refractivity contribution in [1.29, 1.82) is 0 Å². The Hall–Kier alpha value is -0.570. The van der Waals surface area contributed by atoms with Crippen LogP contribution in [0.2, 0.25) is 0 Å². The maximum Gasteiger partial charge on any atom is 0.314 e. The van der Waals surface area contributed by atoms with Crippen molar-refractivity contribution in [3.05, 3.63) is 0 Å². The van der Waals surface area contributed by atoms with Crippen molar-refractivity contribution in [2.45, 2.75) is 58.6 Å². The van der Waals surface area contributed by atoms with Gasteiger partial charge < -0.3 is 10.5 Å². The van der Waals surface area contributed by atoms with Gasteiger partial charge in [0, 0.05) is 5.54 Å². The summed E-state index contributed by atoms with van der Waals surface area (Å²) in [6.45, 7) is 9.42. The van der Waals surface area contributed by atoms with E-state index in [-0.39, 0.29) is 5.97 Å². The van der Waals surface area contributed by atoms with Crippen molar-refractivity contribution in [3.8, 4) is 0 Å². The van der Waals surface area contributed by atoms with Gasteiger partial charge in [0.25, 0.3) is 0 Å². The Kier molecular flexibility index (Phi) is 2.43. The van der Waals surface area contributed by atoms with Crippen molar-refractivity contribution in [1.82, 2.24) is 0 Å². The van der Waals surface area contributed by atoms with Crippen LogP contribution in [0.4, 0.5) is 0 Å². The van der Waals surface area contributed by atoms with Crippen molar-refractivity contribution in [3.63, 3.8) is 0 Å². The summed E-state index contributed by atoms with van der Waals surface area (Å²) in [5.74, 6) is -0.141. The highest BCUT2D eigenvalue weighted by atomic mass is 16.6. The normalized spacial score (nSPS) is 20.4. The molecule has 3 heteroatoms. The lowest BCUT2D eigenvalue weighted by molar-refractivity contribution is -0.164. The molecule has 0 aliphatic heterocycles. The number of hydrogen-bond acceptors (Lipinski definition) is 3. The molecule has 0 heterocycles. The van der Waals surface area contributed by atoms with E-state index >= 15 is 0 Å². The zero-order valence-electron chi connectivity index (χ0n) is 9.81. The van der Waals surface area contributed by atoms with Gasteiger partial charge in [-0.2, -0.15) is 0 Å². The Morgan fingerprint density at radius 3 is 1.86 bits per heavy atom. The molecule has 1 aliphatic carbocycles. The smallest absolute Gasteiger partial charge is 0.314 e. The molecule has 0 radical (unpaired) electrons. The fraction of sp³-hybridized carbons (Fsp3) is 0.909. The Labute approximate surface area is 86.0 Å². The number of ether oxygens (including phenoxy) is 1. The second kappa shape index (κ2) is 2.96. The van der Waals surface area contributed by atoms with Crippen LogP contribution in [0.25, 0.3) is 0 Å². The van der Waals surface area contributed by atoms with E-state index in [1.165, 1.54) is 0 Å². The maximum absolute atomic E-state index is 11.9. The zero-order valence-corrected chi connectivity index (χ0v) is 9.81. The molecule has 0 spiro atoms. The van der Waals surface area contributed by atoms with Crippen LogP contribution in [0.3, 0.4) is 0 Å². The quantitative estimate of drug-likeness (QED) is 0.690. The third-order valence-electron chi connectivity index (χ3n) is 2.77. The molecule has 0 amide bonds. The first-order valence-electron chi connectivity index (χ1n) is 5.11. The van der Waals surface area contributed by atoms with Crippen molar-refractivity contribution in [2.75, 3.05) is 0 Å². The van der Waals surface area contributed by atoms with Gasteiger partial charge in [-0.1, -0.05) is 0 Å². The van der Waals surface area contributed by atoms with E-state index in [9.17, 15) is 4.79 Å². The molecule has 3 nitrogen and oxygen atoms in total. The summed E-state index contributed by atoms with van der Waals surface area (Å²) >= 11 is 0. The minimum atomic E-state index is -0.477. The second-order valence-corrected chi connectivity index (χ2v) is 5.81. The summed E-state index contributed by atoms with van der Waals surface area (Å²) in [6, 6.07) is 0. The molecule has 82 valence electrons. The Balaban J connectivity index is 2.72. The molecule has 0 atom stereocenters. The summed E-state index contributed by atoms with van der Waals surface area (Å²) in [5.41, 5.74) is 4.67. The fourth-order valence-corrected chi connectivity index (χ4v) is 1.61. The first-order chi connectivity index (χ1) is 6.08. The molecule has 0 bridgehead atoms. The average molecular weight is 199 g/mol. The maximum atomic E-state index is 11.9. The molecule has 1 saturated carbocycles. The Morgan fingerprint density at radius 2 is 1.64 bits per heavy atom. The highest BCUT2D eigenvalue weighted by Crippen LogP contribution is 2.54. The van der Waals surface area contributed by atoms with Gasteiger partial charge in [-0.3, -0.25) is 4.79 Å². The molecule has 0 aromatic carbocycles. The second-order valence-electron chi connectivity index (χ2n) is 5.81. The predicted octanol–water partition coefficient (Wildman–Crippen LogP) is 1.85. The predicted molar refractivity (Wildman–Crippen MR) is 55.8 cm³/mol. The van der Waals surface area contributed by atoms with Crippen molar-refractivity contribution >= 4 is 5.97 Å². The standard InChI is InChI=1S/C11H21NO2/c1-9(2,3)14-8(13)11(6-7-11)10(4,5)12/h6-7,12H2,1-5H3. The first-order valence-corrected chi connectivity index (χ1v) is 5.11. The van der Waals surface area contributed by atoms with Crippen LogP contribution in [-0.2, 0) is 9.53 Å². The van der Waals surface area contributed by atoms with Gasteiger partial charge in [0.2, 0.25) is 0 Å². The summed E-state index contributed by atoms with van der Waals surface area (Å²) in [7, 11) is 0.